The van der Waals surface area contributed by atoms with Crippen LogP contribution >= 0.6 is 27.3 Å². The minimum absolute atomic E-state index is 0.0395. The second-order valence-corrected chi connectivity index (χ2v) is 7.17. The van der Waals surface area contributed by atoms with Gasteiger partial charge in [0.25, 0.3) is 10.0 Å². The molecule has 2 rings (SSSR count). The van der Waals surface area contributed by atoms with Gasteiger partial charge in [-0.2, -0.15) is 0 Å². The maximum Gasteiger partial charge on any atom is 0.262 e. The Balaban J connectivity index is 2.33. The number of halogens is 2. The minimum Gasteiger partial charge on any atom is -0.391 e. The predicted molar refractivity (Wildman–Crippen MR) is 75.2 cm³/mol. The molecule has 102 valence electrons. The molecule has 0 unspecified atom stereocenters. The highest BCUT2D eigenvalue weighted by atomic mass is 79.9. The molecule has 0 bridgehead atoms. The van der Waals surface area contributed by atoms with Crippen molar-refractivity contribution in [2.24, 2.45) is 0 Å². The van der Waals surface area contributed by atoms with E-state index in [0.29, 0.717) is 9.35 Å². The smallest absolute Gasteiger partial charge is 0.262 e. The van der Waals surface area contributed by atoms with Crippen molar-refractivity contribution in [1.82, 2.24) is 0 Å². The van der Waals surface area contributed by atoms with Gasteiger partial charge in [0.2, 0.25) is 0 Å². The Morgan fingerprint density at radius 1 is 1.37 bits per heavy atom. The number of nitrogens with one attached hydrogen (secondary N) is 1. The van der Waals surface area contributed by atoms with Crippen LogP contribution in [0.3, 0.4) is 0 Å². The van der Waals surface area contributed by atoms with Gasteiger partial charge in [0, 0.05) is 14.7 Å². The van der Waals surface area contributed by atoms with Gasteiger partial charge in [-0.15, -0.1) is 11.3 Å². The summed E-state index contributed by atoms with van der Waals surface area (Å²) in [5, 5.41) is 10.3. The highest BCUT2D eigenvalue weighted by Gasteiger charge is 2.17. The average Bonchev–Trinajstić information content (AvgIpc) is 2.83. The number of benzene rings is 1. The zero-order valence-corrected chi connectivity index (χ0v) is 12.6. The van der Waals surface area contributed by atoms with E-state index in [1.807, 2.05) is 0 Å². The molecule has 1 heterocycles. The number of thiophene rings is 1. The molecule has 0 aliphatic heterocycles. The number of anilines is 1. The summed E-state index contributed by atoms with van der Waals surface area (Å²) in [6.45, 7) is -0.218. The van der Waals surface area contributed by atoms with Gasteiger partial charge < -0.3 is 5.11 Å². The van der Waals surface area contributed by atoms with Gasteiger partial charge in [-0.25, -0.2) is 12.8 Å². The maximum absolute atomic E-state index is 13.1. The van der Waals surface area contributed by atoms with E-state index in [1.165, 1.54) is 23.6 Å². The molecule has 0 atom stereocenters. The molecule has 8 heteroatoms. The van der Waals surface area contributed by atoms with Gasteiger partial charge in [-0.3, -0.25) is 4.72 Å². The molecule has 0 spiro atoms. The van der Waals surface area contributed by atoms with E-state index in [0.717, 1.165) is 17.4 Å². The standard InChI is InChI=1S/C11H9BrFNO3S2/c12-10-2-1-7(13)3-11(10)14-19(16,17)9-4-8(5-15)18-6-9/h1-4,6,14-15H,5H2. The Labute approximate surface area is 122 Å². The van der Waals surface area contributed by atoms with Crippen LogP contribution in [0, 0.1) is 5.82 Å². The molecule has 19 heavy (non-hydrogen) atoms. The third kappa shape index (κ3) is 3.33. The maximum atomic E-state index is 13.1. The van der Waals surface area contributed by atoms with Crippen molar-refractivity contribution >= 4 is 43.0 Å². The zero-order valence-electron chi connectivity index (χ0n) is 9.43. The Hall–Kier alpha value is -0.960. The van der Waals surface area contributed by atoms with Gasteiger partial charge in [-0.05, 0) is 40.2 Å². The van der Waals surface area contributed by atoms with Crippen molar-refractivity contribution in [1.29, 1.82) is 0 Å². The fourth-order valence-corrected chi connectivity index (χ4v) is 4.05. The number of hydrogen-bond acceptors (Lipinski definition) is 4. The highest BCUT2D eigenvalue weighted by molar-refractivity contribution is 9.10. The van der Waals surface area contributed by atoms with Crippen LogP contribution in [0.4, 0.5) is 10.1 Å². The number of aliphatic hydroxyl groups excluding tert-OH is 1. The van der Waals surface area contributed by atoms with Crippen LogP contribution in [0.5, 0.6) is 0 Å². The summed E-state index contributed by atoms with van der Waals surface area (Å²) in [5.41, 5.74) is 0.122. The first-order valence-electron chi connectivity index (χ1n) is 5.08. The minimum atomic E-state index is -3.79. The second-order valence-electron chi connectivity index (χ2n) is 3.64. The quantitative estimate of drug-likeness (QED) is 0.875. The van der Waals surface area contributed by atoms with Crippen LogP contribution in [0.1, 0.15) is 4.88 Å². The molecule has 2 N–H and O–H groups in total. The Morgan fingerprint density at radius 3 is 2.74 bits per heavy atom. The van der Waals surface area contributed by atoms with E-state index < -0.39 is 15.8 Å². The van der Waals surface area contributed by atoms with Crippen molar-refractivity contribution in [3.63, 3.8) is 0 Å². The second kappa shape index (κ2) is 5.58. The third-order valence-electron chi connectivity index (χ3n) is 2.27. The SMILES string of the molecule is O=S(=O)(Nc1cc(F)ccc1Br)c1csc(CO)c1. The van der Waals surface area contributed by atoms with Crippen LogP contribution < -0.4 is 4.72 Å². The lowest BCUT2D eigenvalue weighted by Gasteiger charge is -2.08. The van der Waals surface area contributed by atoms with Gasteiger partial charge in [0.15, 0.2) is 0 Å². The predicted octanol–water partition coefficient (Wildman–Crippen LogP) is 2.94. The molecular formula is C11H9BrFNO3S2. The Kier molecular flexibility index (Phi) is 4.24. The lowest BCUT2D eigenvalue weighted by atomic mass is 10.3. The van der Waals surface area contributed by atoms with E-state index in [2.05, 4.69) is 20.7 Å². The van der Waals surface area contributed by atoms with Gasteiger partial charge in [-0.1, -0.05) is 0 Å². The first kappa shape index (κ1) is 14.4. The molecule has 0 aliphatic rings. The Morgan fingerprint density at radius 2 is 2.11 bits per heavy atom. The fraction of sp³-hybridized carbons (Fsp3) is 0.0909. The van der Waals surface area contributed by atoms with Crippen molar-refractivity contribution in [3.05, 3.63) is 44.8 Å². The van der Waals surface area contributed by atoms with E-state index in [9.17, 15) is 12.8 Å². The van der Waals surface area contributed by atoms with Crippen LogP contribution in [0.25, 0.3) is 0 Å². The highest BCUT2D eigenvalue weighted by Crippen LogP contribution is 2.27. The van der Waals surface area contributed by atoms with Gasteiger partial charge in [0.05, 0.1) is 17.2 Å². The van der Waals surface area contributed by atoms with Crippen molar-refractivity contribution in [2.75, 3.05) is 4.72 Å². The molecule has 0 fully saturated rings. The van der Waals surface area contributed by atoms with Crippen LogP contribution in [-0.2, 0) is 16.6 Å². The lowest BCUT2D eigenvalue weighted by Crippen LogP contribution is -2.12. The van der Waals surface area contributed by atoms with Crippen LogP contribution in [0.2, 0.25) is 0 Å². The summed E-state index contributed by atoms with van der Waals surface area (Å²) >= 11 is 4.28. The Bertz CT molecular complexity index is 700. The topological polar surface area (TPSA) is 66.4 Å². The van der Waals surface area contributed by atoms with E-state index >= 15 is 0 Å². The van der Waals surface area contributed by atoms with Crippen molar-refractivity contribution < 1.29 is 17.9 Å². The molecule has 0 aliphatic carbocycles. The first-order chi connectivity index (χ1) is 8.92. The zero-order chi connectivity index (χ0) is 14.0. The van der Waals surface area contributed by atoms with E-state index in [-0.39, 0.29) is 17.2 Å². The molecule has 0 saturated carbocycles. The first-order valence-corrected chi connectivity index (χ1v) is 8.24. The summed E-state index contributed by atoms with van der Waals surface area (Å²) < 4.78 is 40.0. The summed E-state index contributed by atoms with van der Waals surface area (Å²) in [5.74, 6) is -0.540. The van der Waals surface area contributed by atoms with Crippen molar-refractivity contribution in [2.45, 2.75) is 11.5 Å². The summed E-state index contributed by atoms with van der Waals surface area (Å²) in [6, 6.07) is 5.09. The van der Waals surface area contributed by atoms with E-state index in [1.54, 1.807) is 0 Å². The van der Waals surface area contributed by atoms with Gasteiger partial charge >= 0.3 is 0 Å². The molecule has 4 nitrogen and oxygen atoms in total. The van der Waals surface area contributed by atoms with Crippen LogP contribution in [0.15, 0.2) is 39.0 Å². The number of aliphatic hydroxyl groups is 1. The largest absolute Gasteiger partial charge is 0.391 e. The molecule has 2 aromatic rings. The third-order valence-corrected chi connectivity index (χ3v) is 5.38. The number of rotatable bonds is 4. The normalized spacial score (nSPS) is 11.5. The summed E-state index contributed by atoms with van der Waals surface area (Å²) in [4.78, 5) is 0.580. The molecular weight excluding hydrogens is 357 g/mol. The monoisotopic (exact) mass is 365 g/mol. The molecule has 0 amide bonds. The number of hydrogen-bond donors (Lipinski definition) is 2. The molecule has 0 saturated heterocycles. The molecule has 1 aromatic carbocycles. The fourth-order valence-electron chi connectivity index (χ4n) is 1.36. The average molecular weight is 366 g/mol. The van der Waals surface area contributed by atoms with Crippen molar-refractivity contribution in [3.8, 4) is 0 Å². The molecule has 0 radical (unpaired) electrons. The van der Waals surface area contributed by atoms with Crippen LogP contribution in [-0.4, -0.2) is 13.5 Å². The lowest BCUT2D eigenvalue weighted by molar-refractivity contribution is 0.285. The molecule has 1 aromatic heterocycles. The number of sulfonamides is 1. The summed E-state index contributed by atoms with van der Waals surface area (Å²) in [6.07, 6.45) is 0. The van der Waals surface area contributed by atoms with E-state index in [4.69, 9.17) is 5.11 Å². The van der Waals surface area contributed by atoms with Gasteiger partial charge in [0.1, 0.15) is 5.82 Å². The summed E-state index contributed by atoms with van der Waals surface area (Å²) in [7, 11) is -3.79.